The van der Waals surface area contributed by atoms with Crippen molar-refractivity contribution in [3.63, 3.8) is 0 Å². The summed E-state index contributed by atoms with van der Waals surface area (Å²) in [5.41, 5.74) is 5.57. The molecule has 2 aromatic carbocycles. The molecule has 4 rings (SSSR count). The van der Waals surface area contributed by atoms with Crippen LogP contribution in [0.15, 0.2) is 54.7 Å². The molecule has 30 heavy (non-hydrogen) atoms. The normalized spacial score (nSPS) is 11.0. The van der Waals surface area contributed by atoms with Crippen molar-refractivity contribution >= 4 is 28.5 Å². The van der Waals surface area contributed by atoms with Crippen molar-refractivity contribution in [2.45, 2.75) is 26.8 Å². The van der Waals surface area contributed by atoms with E-state index in [0.29, 0.717) is 17.8 Å². The van der Waals surface area contributed by atoms with Crippen molar-refractivity contribution < 1.29 is 14.7 Å². The number of aliphatic carboxylic acids is 1. The van der Waals surface area contributed by atoms with Crippen LogP contribution in [0.3, 0.4) is 0 Å². The van der Waals surface area contributed by atoms with Crippen LogP contribution in [-0.2, 0) is 17.8 Å². The molecule has 2 heterocycles. The molecule has 0 bridgehead atoms. The Labute approximate surface area is 173 Å². The summed E-state index contributed by atoms with van der Waals surface area (Å²) in [6.07, 6.45) is 1.68. The van der Waals surface area contributed by atoms with Crippen molar-refractivity contribution in [2.75, 3.05) is 5.32 Å². The Morgan fingerprint density at radius 2 is 1.83 bits per heavy atom. The Bertz CT molecular complexity index is 1240. The first kappa shape index (κ1) is 19.4. The van der Waals surface area contributed by atoms with E-state index in [4.69, 9.17) is 5.11 Å². The molecule has 0 unspecified atom stereocenters. The first-order valence-corrected chi connectivity index (χ1v) is 9.63. The van der Waals surface area contributed by atoms with Gasteiger partial charge in [-0.25, -0.2) is 0 Å². The molecule has 152 valence electrons. The number of anilines is 1. The van der Waals surface area contributed by atoms with Gasteiger partial charge in [-0.15, -0.1) is 0 Å². The number of hydrogen-bond donors (Lipinski definition) is 3. The summed E-state index contributed by atoms with van der Waals surface area (Å²) in [7, 11) is 0. The zero-order valence-electron chi connectivity index (χ0n) is 16.8. The quantitative estimate of drug-likeness (QED) is 0.455. The number of para-hydroxylation sites is 1. The lowest BCUT2D eigenvalue weighted by Gasteiger charge is -2.08. The number of fused-ring (bicyclic) bond motifs is 1. The fourth-order valence-corrected chi connectivity index (χ4v) is 3.62. The number of carbonyl (C=O) groups is 2. The highest BCUT2D eigenvalue weighted by molar-refractivity contribution is 6.12. The van der Waals surface area contributed by atoms with Gasteiger partial charge in [-0.3, -0.25) is 14.3 Å². The maximum absolute atomic E-state index is 12.6. The third kappa shape index (κ3) is 3.82. The van der Waals surface area contributed by atoms with E-state index in [2.05, 4.69) is 15.4 Å². The lowest BCUT2D eigenvalue weighted by Crippen LogP contribution is -2.11. The van der Waals surface area contributed by atoms with E-state index in [9.17, 15) is 9.59 Å². The Balaban J connectivity index is 1.47. The third-order valence-electron chi connectivity index (χ3n) is 5.24. The molecular weight excluding hydrogens is 380 g/mol. The van der Waals surface area contributed by atoms with Crippen LogP contribution in [0.25, 0.3) is 10.9 Å². The van der Waals surface area contributed by atoms with Crippen LogP contribution in [0.5, 0.6) is 0 Å². The SMILES string of the molecule is Cc1nn(Cc2ccc(NC(=O)c3c[nH]c4ccccc34)cc2)c(C)c1CC(=O)O. The Kier molecular flexibility index (Phi) is 5.10. The van der Waals surface area contributed by atoms with Crippen LogP contribution < -0.4 is 5.32 Å². The second kappa shape index (κ2) is 7.87. The molecular formula is C23H22N4O3. The molecule has 7 nitrogen and oxygen atoms in total. The molecule has 0 aliphatic heterocycles. The van der Waals surface area contributed by atoms with Gasteiger partial charge in [-0.05, 0) is 37.6 Å². The smallest absolute Gasteiger partial charge is 0.307 e. The number of H-pyrrole nitrogens is 1. The molecule has 0 spiro atoms. The minimum absolute atomic E-state index is 0.0313. The molecule has 1 amide bonds. The van der Waals surface area contributed by atoms with E-state index in [0.717, 1.165) is 33.4 Å². The maximum Gasteiger partial charge on any atom is 0.307 e. The second-order valence-electron chi connectivity index (χ2n) is 7.28. The second-order valence-corrected chi connectivity index (χ2v) is 7.28. The van der Waals surface area contributed by atoms with E-state index in [1.54, 1.807) is 6.20 Å². The van der Waals surface area contributed by atoms with E-state index in [1.165, 1.54) is 0 Å². The van der Waals surface area contributed by atoms with Gasteiger partial charge in [0.15, 0.2) is 0 Å². The molecule has 4 aromatic rings. The summed E-state index contributed by atoms with van der Waals surface area (Å²) in [5.74, 6) is -1.03. The molecule has 0 saturated carbocycles. The van der Waals surface area contributed by atoms with Crippen LogP contribution >= 0.6 is 0 Å². The number of rotatable bonds is 6. The number of carboxylic acid groups (broad SMARTS) is 1. The monoisotopic (exact) mass is 402 g/mol. The Hall–Kier alpha value is -3.87. The largest absolute Gasteiger partial charge is 0.481 e. The van der Waals surface area contributed by atoms with Crippen molar-refractivity contribution in [1.82, 2.24) is 14.8 Å². The fourth-order valence-electron chi connectivity index (χ4n) is 3.62. The number of carboxylic acids is 1. The van der Waals surface area contributed by atoms with Crippen molar-refractivity contribution in [1.29, 1.82) is 0 Å². The molecule has 0 aliphatic rings. The summed E-state index contributed by atoms with van der Waals surface area (Å²) in [6, 6.07) is 15.2. The summed E-state index contributed by atoms with van der Waals surface area (Å²) < 4.78 is 1.81. The van der Waals surface area contributed by atoms with E-state index in [1.807, 2.05) is 67.1 Å². The molecule has 2 aromatic heterocycles. The van der Waals surface area contributed by atoms with Crippen LogP contribution in [0.4, 0.5) is 5.69 Å². The van der Waals surface area contributed by atoms with Gasteiger partial charge in [-0.1, -0.05) is 30.3 Å². The molecule has 0 atom stereocenters. The predicted octanol–water partition coefficient (Wildman–Crippen LogP) is 3.91. The number of carbonyl (C=O) groups excluding carboxylic acids is 1. The van der Waals surface area contributed by atoms with Gasteiger partial charge in [0.1, 0.15) is 0 Å². The summed E-state index contributed by atoms with van der Waals surface area (Å²) >= 11 is 0. The molecule has 0 saturated heterocycles. The minimum Gasteiger partial charge on any atom is -0.481 e. The summed E-state index contributed by atoms with van der Waals surface area (Å²) in [4.78, 5) is 26.8. The average molecular weight is 402 g/mol. The molecule has 0 aliphatic carbocycles. The van der Waals surface area contributed by atoms with E-state index < -0.39 is 5.97 Å². The van der Waals surface area contributed by atoms with Gasteiger partial charge in [0.05, 0.1) is 24.2 Å². The summed E-state index contributed by atoms with van der Waals surface area (Å²) in [6.45, 7) is 4.24. The zero-order chi connectivity index (χ0) is 21.3. The van der Waals surface area contributed by atoms with Gasteiger partial charge in [-0.2, -0.15) is 5.10 Å². The molecule has 0 fully saturated rings. The average Bonchev–Trinajstić information content (AvgIpc) is 3.26. The van der Waals surface area contributed by atoms with Gasteiger partial charge in [0, 0.05) is 34.0 Å². The van der Waals surface area contributed by atoms with Crippen LogP contribution in [0.1, 0.15) is 32.9 Å². The number of nitrogens with zero attached hydrogens (tertiary/aromatic N) is 2. The highest BCUT2D eigenvalue weighted by atomic mass is 16.4. The minimum atomic E-state index is -0.865. The Morgan fingerprint density at radius 1 is 1.10 bits per heavy atom. The number of aromatic nitrogens is 3. The highest BCUT2D eigenvalue weighted by Crippen LogP contribution is 2.20. The van der Waals surface area contributed by atoms with E-state index >= 15 is 0 Å². The van der Waals surface area contributed by atoms with Crippen LogP contribution in [-0.4, -0.2) is 31.7 Å². The third-order valence-corrected chi connectivity index (χ3v) is 5.24. The number of aryl methyl sites for hydroxylation is 1. The summed E-state index contributed by atoms with van der Waals surface area (Å²) in [5, 5.41) is 17.4. The number of hydrogen-bond acceptors (Lipinski definition) is 3. The number of aromatic amines is 1. The van der Waals surface area contributed by atoms with Crippen molar-refractivity contribution in [2.24, 2.45) is 0 Å². The standard InChI is InChI=1S/C23H22N4O3/c1-14-19(11-22(28)29)15(2)27(26-14)13-16-7-9-17(10-8-16)25-23(30)20-12-24-21-6-4-3-5-18(20)21/h3-10,12,24H,11,13H2,1-2H3,(H,25,30)(H,28,29). The first-order chi connectivity index (χ1) is 14.4. The fraction of sp³-hybridized carbons (Fsp3) is 0.174. The maximum atomic E-state index is 12.6. The van der Waals surface area contributed by atoms with Crippen molar-refractivity contribution in [3.05, 3.63) is 82.8 Å². The number of benzene rings is 2. The molecule has 3 N–H and O–H groups in total. The van der Waals surface area contributed by atoms with Gasteiger partial charge in [0.25, 0.3) is 5.91 Å². The Morgan fingerprint density at radius 3 is 2.57 bits per heavy atom. The lowest BCUT2D eigenvalue weighted by atomic mass is 10.1. The van der Waals surface area contributed by atoms with Crippen LogP contribution in [0, 0.1) is 13.8 Å². The lowest BCUT2D eigenvalue weighted by molar-refractivity contribution is -0.136. The van der Waals surface area contributed by atoms with Gasteiger partial charge < -0.3 is 15.4 Å². The molecule has 7 heteroatoms. The molecule has 0 radical (unpaired) electrons. The zero-order valence-corrected chi connectivity index (χ0v) is 16.8. The highest BCUT2D eigenvalue weighted by Gasteiger charge is 2.15. The predicted molar refractivity (Wildman–Crippen MR) is 115 cm³/mol. The van der Waals surface area contributed by atoms with Crippen LogP contribution in [0.2, 0.25) is 0 Å². The van der Waals surface area contributed by atoms with Gasteiger partial charge in [0.2, 0.25) is 0 Å². The first-order valence-electron chi connectivity index (χ1n) is 9.63. The number of amides is 1. The van der Waals surface area contributed by atoms with Crippen molar-refractivity contribution in [3.8, 4) is 0 Å². The van der Waals surface area contributed by atoms with Gasteiger partial charge >= 0.3 is 5.97 Å². The topological polar surface area (TPSA) is 100 Å². The van der Waals surface area contributed by atoms with E-state index in [-0.39, 0.29) is 12.3 Å². The number of nitrogens with one attached hydrogen (secondary N) is 2.